The first-order chi connectivity index (χ1) is 7.00. The number of halogens is 5. The van der Waals surface area contributed by atoms with Crippen LogP contribution in [-0.2, 0) is 0 Å². The van der Waals surface area contributed by atoms with E-state index in [0.717, 1.165) is 6.08 Å². The zero-order valence-corrected chi connectivity index (χ0v) is 7.75. The summed E-state index contributed by atoms with van der Waals surface area (Å²) < 4.78 is 63.7. The summed E-state index contributed by atoms with van der Waals surface area (Å²) in [5.74, 6) is -9.61. The first-order valence-electron chi connectivity index (χ1n) is 4.18. The molecular formula is C10H7F5. The van der Waals surface area contributed by atoms with Gasteiger partial charge in [-0.05, 0) is 6.42 Å². The zero-order chi connectivity index (χ0) is 11.6. The lowest BCUT2D eigenvalue weighted by atomic mass is 10.1. The maximum absolute atomic E-state index is 13.0. The second kappa shape index (κ2) is 4.42. The van der Waals surface area contributed by atoms with E-state index in [1.165, 1.54) is 6.08 Å². The number of benzene rings is 1. The number of hydrogen-bond donors (Lipinski definition) is 0. The summed E-state index contributed by atoms with van der Waals surface area (Å²) in [4.78, 5) is 0. The van der Waals surface area contributed by atoms with E-state index in [1.54, 1.807) is 6.92 Å². The Morgan fingerprint density at radius 3 is 1.60 bits per heavy atom. The molecule has 0 heterocycles. The molecule has 1 aromatic carbocycles. The molecule has 0 N–H and O–H groups in total. The minimum atomic E-state index is -2.14. The van der Waals surface area contributed by atoms with Crippen LogP contribution in [0.3, 0.4) is 0 Å². The fourth-order valence-corrected chi connectivity index (χ4v) is 1.00. The highest BCUT2D eigenvalue weighted by Crippen LogP contribution is 2.23. The molecule has 0 unspecified atom stereocenters. The van der Waals surface area contributed by atoms with Crippen LogP contribution in [0.2, 0.25) is 0 Å². The number of allylic oxidation sites excluding steroid dienone is 1. The molecule has 15 heavy (non-hydrogen) atoms. The number of rotatable bonds is 2. The van der Waals surface area contributed by atoms with Crippen molar-refractivity contribution in [1.29, 1.82) is 0 Å². The Balaban J connectivity index is 3.45. The van der Waals surface area contributed by atoms with Crippen molar-refractivity contribution in [1.82, 2.24) is 0 Å². The van der Waals surface area contributed by atoms with E-state index < -0.39 is 34.6 Å². The molecule has 0 aromatic heterocycles. The molecule has 0 spiro atoms. The van der Waals surface area contributed by atoms with Crippen LogP contribution in [0.4, 0.5) is 22.0 Å². The highest BCUT2D eigenvalue weighted by atomic mass is 19.2. The molecule has 0 nitrogen and oxygen atoms in total. The molecule has 0 atom stereocenters. The van der Waals surface area contributed by atoms with Gasteiger partial charge in [0.15, 0.2) is 23.3 Å². The molecule has 0 aliphatic rings. The lowest BCUT2D eigenvalue weighted by Crippen LogP contribution is -2.03. The third kappa shape index (κ3) is 2.00. The topological polar surface area (TPSA) is 0 Å². The predicted octanol–water partition coefficient (Wildman–Crippen LogP) is 3.81. The third-order valence-corrected chi connectivity index (χ3v) is 1.76. The molecular weight excluding hydrogens is 215 g/mol. The van der Waals surface area contributed by atoms with Crippen molar-refractivity contribution in [2.24, 2.45) is 0 Å². The van der Waals surface area contributed by atoms with Crippen molar-refractivity contribution in [2.75, 3.05) is 0 Å². The summed E-state index contributed by atoms with van der Waals surface area (Å²) in [6.45, 7) is 1.67. The van der Waals surface area contributed by atoms with Crippen molar-refractivity contribution >= 4 is 6.08 Å². The Morgan fingerprint density at radius 2 is 1.20 bits per heavy atom. The van der Waals surface area contributed by atoms with Gasteiger partial charge in [0.05, 0.1) is 5.56 Å². The van der Waals surface area contributed by atoms with Crippen LogP contribution in [0, 0.1) is 29.1 Å². The van der Waals surface area contributed by atoms with Gasteiger partial charge in [-0.25, -0.2) is 22.0 Å². The standard InChI is InChI=1S/C10H7F5/c1-2-3-4-5-6(11)8(13)10(15)9(14)7(5)12/h3-4H,2H2,1H3. The Hall–Kier alpha value is -1.39. The first-order valence-corrected chi connectivity index (χ1v) is 4.18. The summed E-state index contributed by atoms with van der Waals surface area (Å²) in [7, 11) is 0. The van der Waals surface area contributed by atoms with E-state index in [1.807, 2.05) is 0 Å². The molecule has 0 radical (unpaired) electrons. The van der Waals surface area contributed by atoms with Crippen molar-refractivity contribution in [3.8, 4) is 0 Å². The largest absolute Gasteiger partial charge is 0.203 e. The smallest absolute Gasteiger partial charge is 0.200 e. The Morgan fingerprint density at radius 1 is 0.800 bits per heavy atom. The van der Waals surface area contributed by atoms with Crippen LogP contribution < -0.4 is 0 Å². The Kier molecular flexibility index (Phi) is 3.44. The van der Waals surface area contributed by atoms with E-state index in [0.29, 0.717) is 6.42 Å². The molecule has 0 bridgehead atoms. The van der Waals surface area contributed by atoms with Crippen LogP contribution in [0.25, 0.3) is 6.08 Å². The van der Waals surface area contributed by atoms with E-state index in [9.17, 15) is 22.0 Å². The summed E-state index contributed by atoms with van der Waals surface area (Å²) in [5.41, 5.74) is -0.909. The lowest BCUT2D eigenvalue weighted by molar-refractivity contribution is 0.377. The van der Waals surface area contributed by atoms with Crippen LogP contribution in [-0.4, -0.2) is 0 Å². The second-order valence-electron chi connectivity index (χ2n) is 2.79. The highest BCUT2D eigenvalue weighted by Gasteiger charge is 2.23. The highest BCUT2D eigenvalue weighted by molar-refractivity contribution is 5.51. The maximum atomic E-state index is 13.0. The number of hydrogen-bond acceptors (Lipinski definition) is 0. The van der Waals surface area contributed by atoms with Gasteiger partial charge < -0.3 is 0 Å². The van der Waals surface area contributed by atoms with Gasteiger partial charge in [-0.2, -0.15) is 0 Å². The third-order valence-electron chi connectivity index (χ3n) is 1.76. The Bertz CT molecular complexity index is 380. The second-order valence-corrected chi connectivity index (χ2v) is 2.79. The average molecular weight is 222 g/mol. The van der Waals surface area contributed by atoms with Crippen LogP contribution >= 0.6 is 0 Å². The molecule has 0 fully saturated rings. The lowest BCUT2D eigenvalue weighted by Gasteiger charge is -2.03. The van der Waals surface area contributed by atoms with Gasteiger partial charge >= 0.3 is 0 Å². The fraction of sp³-hybridized carbons (Fsp3) is 0.200. The molecule has 5 heteroatoms. The molecule has 0 aliphatic carbocycles. The monoisotopic (exact) mass is 222 g/mol. The van der Waals surface area contributed by atoms with Crippen molar-refractivity contribution < 1.29 is 22.0 Å². The molecule has 0 amide bonds. The SMILES string of the molecule is CCC=Cc1c(F)c(F)c(F)c(F)c1F. The van der Waals surface area contributed by atoms with Crippen LogP contribution in [0.5, 0.6) is 0 Å². The van der Waals surface area contributed by atoms with Gasteiger partial charge in [0, 0.05) is 0 Å². The van der Waals surface area contributed by atoms with Gasteiger partial charge in [0.1, 0.15) is 0 Å². The summed E-state index contributed by atoms with van der Waals surface area (Å²) >= 11 is 0. The van der Waals surface area contributed by atoms with E-state index >= 15 is 0 Å². The zero-order valence-electron chi connectivity index (χ0n) is 7.75. The van der Waals surface area contributed by atoms with Gasteiger partial charge in [-0.1, -0.05) is 19.1 Å². The molecule has 0 saturated heterocycles. The molecule has 82 valence electrons. The Labute approximate surface area is 83.0 Å². The predicted molar refractivity (Wildman–Crippen MR) is 45.6 cm³/mol. The summed E-state index contributed by atoms with van der Waals surface area (Å²) in [5, 5.41) is 0. The van der Waals surface area contributed by atoms with Crippen molar-refractivity contribution in [3.05, 3.63) is 40.7 Å². The quantitative estimate of drug-likeness (QED) is 0.405. The first kappa shape index (κ1) is 11.7. The van der Waals surface area contributed by atoms with Gasteiger partial charge in [0.25, 0.3) is 0 Å². The fourth-order valence-electron chi connectivity index (χ4n) is 1.00. The normalized spacial score (nSPS) is 11.3. The van der Waals surface area contributed by atoms with E-state index in [4.69, 9.17) is 0 Å². The van der Waals surface area contributed by atoms with Gasteiger partial charge in [-0.3, -0.25) is 0 Å². The summed E-state index contributed by atoms with van der Waals surface area (Å²) in [6, 6.07) is 0. The van der Waals surface area contributed by atoms with E-state index in [-0.39, 0.29) is 0 Å². The minimum Gasteiger partial charge on any atom is -0.203 e. The molecule has 0 saturated carbocycles. The summed E-state index contributed by atoms with van der Waals surface area (Å²) in [6.07, 6.45) is 2.61. The minimum absolute atomic E-state index is 0.430. The molecule has 0 aliphatic heterocycles. The van der Waals surface area contributed by atoms with Crippen molar-refractivity contribution in [3.63, 3.8) is 0 Å². The van der Waals surface area contributed by atoms with Crippen LogP contribution in [0.15, 0.2) is 6.08 Å². The van der Waals surface area contributed by atoms with Gasteiger partial charge in [-0.15, -0.1) is 0 Å². The average Bonchev–Trinajstić information content (AvgIpc) is 2.24. The van der Waals surface area contributed by atoms with Crippen molar-refractivity contribution in [2.45, 2.75) is 13.3 Å². The molecule has 1 aromatic rings. The molecule has 1 rings (SSSR count). The maximum Gasteiger partial charge on any atom is 0.200 e. The van der Waals surface area contributed by atoms with Crippen LogP contribution in [0.1, 0.15) is 18.9 Å². The van der Waals surface area contributed by atoms with E-state index in [2.05, 4.69) is 0 Å². The van der Waals surface area contributed by atoms with Gasteiger partial charge in [0.2, 0.25) is 5.82 Å².